The van der Waals surface area contributed by atoms with Crippen molar-refractivity contribution in [2.24, 2.45) is 0 Å². The van der Waals surface area contributed by atoms with Crippen LogP contribution in [0.15, 0.2) is 18.2 Å². The molecule has 24 heavy (non-hydrogen) atoms. The van der Waals surface area contributed by atoms with Gasteiger partial charge in [0.2, 0.25) is 5.91 Å². The topological polar surface area (TPSA) is 52.7 Å². The van der Waals surface area contributed by atoms with Crippen LogP contribution in [0.2, 0.25) is 0 Å². The lowest BCUT2D eigenvalue weighted by Gasteiger charge is -2.34. The van der Waals surface area contributed by atoms with Gasteiger partial charge < -0.3 is 15.1 Å². The Bertz CT molecular complexity index is 643. The molecule has 0 saturated carbocycles. The molecule has 3 rings (SSSR count). The Hall–Kier alpha value is -2.04. The number of hydrogen-bond acceptors (Lipinski definition) is 2. The summed E-state index contributed by atoms with van der Waals surface area (Å²) in [5, 5.41) is 3.06. The molecule has 1 aromatic rings. The SMILES string of the molecule is Cc1ccc(N2CC(NC(=O)N3CCCCC3C)CC2=O)cc1C. The zero-order valence-electron chi connectivity index (χ0n) is 14.8. The van der Waals surface area contributed by atoms with E-state index in [-0.39, 0.29) is 24.0 Å². The van der Waals surface area contributed by atoms with E-state index in [0.717, 1.165) is 25.1 Å². The molecule has 0 spiro atoms. The van der Waals surface area contributed by atoms with Gasteiger partial charge in [-0.25, -0.2) is 4.79 Å². The molecule has 2 saturated heterocycles. The minimum atomic E-state index is -0.110. The first-order chi connectivity index (χ1) is 11.5. The number of hydrogen-bond donors (Lipinski definition) is 1. The van der Waals surface area contributed by atoms with Gasteiger partial charge in [0.25, 0.3) is 0 Å². The molecule has 2 fully saturated rings. The molecule has 0 bridgehead atoms. The highest BCUT2D eigenvalue weighted by atomic mass is 16.2. The van der Waals surface area contributed by atoms with Crippen molar-refractivity contribution < 1.29 is 9.59 Å². The molecular formula is C19H27N3O2. The van der Waals surface area contributed by atoms with E-state index in [0.29, 0.717) is 13.0 Å². The molecule has 0 radical (unpaired) electrons. The predicted octanol–water partition coefficient (Wildman–Crippen LogP) is 2.99. The number of nitrogens with one attached hydrogen (secondary N) is 1. The van der Waals surface area contributed by atoms with Crippen LogP contribution in [0.3, 0.4) is 0 Å². The lowest BCUT2D eigenvalue weighted by Crippen LogP contribution is -2.50. The fourth-order valence-electron chi connectivity index (χ4n) is 3.60. The van der Waals surface area contributed by atoms with Crippen LogP contribution < -0.4 is 10.2 Å². The largest absolute Gasteiger partial charge is 0.333 e. The lowest BCUT2D eigenvalue weighted by molar-refractivity contribution is -0.117. The summed E-state index contributed by atoms with van der Waals surface area (Å²) in [6.07, 6.45) is 3.69. The van der Waals surface area contributed by atoms with Crippen molar-refractivity contribution in [3.63, 3.8) is 0 Å². The fraction of sp³-hybridized carbons (Fsp3) is 0.579. The average molecular weight is 329 g/mol. The van der Waals surface area contributed by atoms with Gasteiger partial charge in [-0.3, -0.25) is 4.79 Å². The van der Waals surface area contributed by atoms with E-state index in [1.54, 1.807) is 4.90 Å². The van der Waals surface area contributed by atoms with Gasteiger partial charge in [-0.2, -0.15) is 0 Å². The van der Waals surface area contributed by atoms with E-state index in [2.05, 4.69) is 26.1 Å². The number of rotatable bonds is 2. The summed E-state index contributed by atoms with van der Waals surface area (Å²) >= 11 is 0. The molecule has 2 heterocycles. The van der Waals surface area contributed by atoms with Gasteiger partial charge in [-0.05, 0) is 63.3 Å². The Morgan fingerprint density at radius 2 is 2.00 bits per heavy atom. The normalized spacial score (nSPS) is 24.4. The molecule has 2 unspecified atom stereocenters. The summed E-state index contributed by atoms with van der Waals surface area (Å²) in [6.45, 7) is 7.58. The summed E-state index contributed by atoms with van der Waals surface area (Å²) in [6, 6.07) is 6.22. The number of anilines is 1. The monoisotopic (exact) mass is 329 g/mol. The summed E-state index contributed by atoms with van der Waals surface area (Å²) < 4.78 is 0. The van der Waals surface area contributed by atoms with Crippen molar-refractivity contribution in [1.29, 1.82) is 0 Å². The second-order valence-corrected chi connectivity index (χ2v) is 7.16. The van der Waals surface area contributed by atoms with Gasteiger partial charge >= 0.3 is 6.03 Å². The number of benzene rings is 1. The van der Waals surface area contributed by atoms with Gasteiger partial charge in [0, 0.05) is 31.2 Å². The molecule has 1 aromatic carbocycles. The number of urea groups is 1. The van der Waals surface area contributed by atoms with Gasteiger partial charge in [0.1, 0.15) is 0 Å². The highest BCUT2D eigenvalue weighted by Crippen LogP contribution is 2.24. The van der Waals surface area contributed by atoms with Crippen LogP contribution in [0, 0.1) is 13.8 Å². The van der Waals surface area contributed by atoms with E-state index in [9.17, 15) is 9.59 Å². The van der Waals surface area contributed by atoms with Gasteiger partial charge in [0.05, 0.1) is 6.04 Å². The summed E-state index contributed by atoms with van der Waals surface area (Å²) in [5.41, 5.74) is 3.32. The molecular weight excluding hydrogens is 302 g/mol. The van der Waals surface area contributed by atoms with Crippen LogP contribution in [-0.2, 0) is 4.79 Å². The number of carbonyl (C=O) groups is 2. The zero-order chi connectivity index (χ0) is 17.3. The third kappa shape index (κ3) is 3.40. The fourth-order valence-corrected chi connectivity index (χ4v) is 3.60. The number of aryl methyl sites for hydroxylation is 2. The first-order valence-electron chi connectivity index (χ1n) is 8.90. The number of nitrogens with zero attached hydrogens (tertiary/aromatic N) is 2. The maximum Gasteiger partial charge on any atom is 0.317 e. The smallest absolute Gasteiger partial charge is 0.317 e. The van der Waals surface area contributed by atoms with Gasteiger partial charge in [-0.1, -0.05) is 6.07 Å². The molecule has 2 atom stereocenters. The van der Waals surface area contributed by atoms with E-state index < -0.39 is 0 Å². The number of piperidine rings is 1. The van der Waals surface area contributed by atoms with Crippen LogP contribution >= 0.6 is 0 Å². The second kappa shape index (κ2) is 6.83. The van der Waals surface area contributed by atoms with Crippen molar-refractivity contribution in [3.8, 4) is 0 Å². The number of amides is 3. The van der Waals surface area contributed by atoms with Crippen LogP contribution in [-0.4, -0.2) is 42.0 Å². The van der Waals surface area contributed by atoms with Crippen molar-refractivity contribution in [3.05, 3.63) is 29.3 Å². The van der Waals surface area contributed by atoms with Crippen LogP contribution in [0.5, 0.6) is 0 Å². The maximum absolute atomic E-state index is 12.5. The molecule has 0 aromatic heterocycles. The van der Waals surface area contributed by atoms with Crippen molar-refractivity contribution in [1.82, 2.24) is 10.2 Å². The van der Waals surface area contributed by atoms with E-state index in [4.69, 9.17) is 0 Å². The molecule has 2 aliphatic rings. The summed E-state index contributed by atoms with van der Waals surface area (Å²) in [4.78, 5) is 28.6. The van der Waals surface area contributed by atoms with Crippen LogP contribution in [0.1, 0.15) is 43.7 Å². The minimum Gasteiger partial charge on any atom is -0.333 e. The first-order valence-corrected chi connectivity index (χ1v) is 8.90. The Morgan fingerprint density at radius 1 is 1.21 bits per heavy atom. The molecule has 5 heteroatoms. The third-order valence-corrected chi connectivity index (χ3v) is 5.32. The summed E-state index contributed by atoms with van der Waals surface area (Å²) in [7, 11) is 0. The lowest BCUT2D eigenvalue weighted by atomic mass is 10.0. The number of carbonyl (C=O) groups excluding carboxylic acids is 2. The molecule has 0 aliphatic carbocycles. The standard InChI is InChI=1S/C19H27N3O2/c1-13-7-8-17(10-14(13)2)22-12-16(11-18(22)23)20-19(24)21-9-5-4-6-15(21)3/h7-8,10,15-16H,4-6,9,11-12H2,1-3H3,(H,20,24). The second-order valence-electron chi connectivity index (χ2n) is 7.16. The molecule has 130 valence electrons. The molecule has 3 amide bonds. The number of likely N-dealkylation sites (tertiary alicyclic amines) is 1. The van der Waals surface area contributed by atoms with E-state index >= 15 is 0 Å². The van der Waals surface area contributed by atoms with Crippen LogP contribution in [0.4, 0.5) is 10.5 Å². The quantitative estimate of drug-likeness (QED) is 0.907. The Balaban J connectivity index is 1.64. The first kappa shape index (κ1) is 16.8. The van der Waals surface area contributed by atoms with Crippen molar-refractivity contribution in [2.45, 2.75) is 58.5 Å². The zero-order valence-corrected chi connectivity index (χ0v) is 14.8. The third-order valence-electron chi connectivity index (χ3n) is 5.32. The highest BCUT2D eigenvalue weighted by Gasteiger charge is 2.33. The predicted molar refractivity (Wildman–Crippen MR) is 95.2 cm³/mol. The van der Waals surface area contributed by atoms with Gasteiger partial charge in [0.15, 0.2) is 0 Å². The Labute approximate surface area is 144 Å². The van der Waals surface area contributed by atoms with Crippen LogP contribution in [0.25, 0.3) is 0 Å². The van der Waals surface area contributed by atoms with Crippen molar-refractivity contribution >= 4 is 17.6 Å². The molecule has 1 N–H and O–H groups in total. The van der Waals surface area contributed by atoms with E-state index in [1.165, 1.54) is 17.5 Å². The molecule has 5 nitrogen and oxygen atoms in total. The minimum absolute atomic E-state index is 0.0260. The average Bonchev–Trinajstić information content (AvgIpc) is 2.91. The highest BCUT2D eigenvalue weighted by molar-refractivity contribution is 5.97. The summed E-state index contributed by atoms with van der Waals surface area (Å²) in [5.74, 6) is 0.0789. The van der Waals surface area contributed by atoms with Gasteiger partial charge in [-0.15, -0.1) is 0 Å². The Morgan fingerprint density at radius 3 is 2.71 bits per heavy atom. The van der Waals surface area contributed by atoms with Crippen molar-refractivity contribution in [2.75, 3.05) is 18.0 Å². The Kier molecular flexibility index (Phi) is 4.78. The van der Waals surface area contributed by atoms with E-state index in [1.807, 2.05) is 23.1 Å². The molecule has 2 aliphatic heterocycles. The maximum atomic E-state index is 12.5.